The molecule has 41 heavy (non-hydrogen) atoms. The van der Waals surface area contributed by atoms with E-state index in [1.807, 2.05) is 38.1 Å². The number of ether oxygens (including phenoxy) is 2. The molecule has 0 spiro atoms. The number of hydrogen-bond acceptors (Lipinski definition) is 6. The molecule has 1 aliphatic heterocycles. The average molecular weight is 556 g/mol. The molecule has 1 heterocycles. The number of amides is 1. The Hall–Kier alpha value is -4.39. The zero-order chi connectivity index (χ0) is 29.8. The normalized spacial score (nSPS) is 16.5. The summed E-state index contributed by atoms with van der Waals surface area (Å²) in [6, 6.07) is 18.8. The van der Waals surface area contributed by atoms with Crippen LogP contribution in [0.1, 0.15) is 61.6 Å². The molecule has 7 nitrogen and oxygen atoms in total. The molecule has 0 radical (unpaired) electrons. The van der Waals surface area contributed by atoms with Gasteiger partial charge < -0.3 is 14.6 Å². The minimum Gasteiger partial charge on any atom is -0.507 e. The number of ketones is 1. The number of carbonyl (C=O) groups is 3. The second-order valence-electron chi connectivity index (χ2n) is 11.2. The maximum atomic E-state index is 13.5. The molecule has 1 fully saturated rings. The summed E-state index contributed by atoms with van der Waals surface area (Å²) in [6.07, 6.45) is -0.120. The van der Waals surface area contributed by atoms with Gasteiger partial charge in [-0.05, 0) is 80.6 Å². The van der Waals surface area contributed by atoms with E-state index in [0.29, 0.717) is 35.1 Å². The fourth-order valence-electron chi connectivity index (χ4n) is 4.87. The van der Waals surface area contributed by atoms with Gasteiger partial charge in [-0.2, -0.15) is 0 Å². The number of rotatable bonds is 9. The van der Waals surface area contributed by atoms with Crippen LogP contribution in [0.5, 0.6) is 5.75 Å². The van der Waals surface area contributed by atoms with E-state index < -0.39 is 17.7 Å². The number of benzene rings is 3. The van der Waals surface area contributed by atoms with Crippen LogP contribution in [0.3, 0.4) is 0 Å². The monoisotopic (exact) mass is 555 g/mol. The highest BCUT2D eigenvalue weighted by atomic mass is 16.5. The van der Waals surface area contributed by atoms with Gasteiger partial charge >= 0.3 is 5.97 Å². The Morgan fingerprint density at radius 3 is 2.27 bits per heavy atom. The highest BCUT2D eigenvalue weighted by Gasteiger charge is 2.47. The molecule has 0 aliphatic carbocycles. The van der Waals surface area contributed by atoms with Crippen LogP contribution < -0.4 is 9.64 Å². The summed E-state index contributed by atoms with van der Waals surface area (Å²) >= 11 is 0. The summed E-state index contributed by atoms with van der Waals surface area (Å²) in [5.74, 6) is -1.04. The molecule has 3 aromatic carbocycles. The lowest BCUT2D eigenvalue weighted by Crippen LogP contribution is -2.29. The molecular weight excluding hydrogens is 518 g/mol. The van der Waals surface area contributed by atoms with Gasteiger partial charge in [-0.25, -0.2) is 0 Å². The first kappa shape index (κ1) is 29.6. The molecule has 1 amide bonds. The summed E-state index contributed by atoms with van der Waals surface area (Å²) in [7, 11) is 0. The molecule has 4 rings (SSSR count). The average Bonchev–Trinajstić information content (AvgIpc) is 3.17. The lowest BCUT2D eigenvalue weighted by atomic mass is 9.93. The molecule has 1 unspecified atom stereocenters. The Morgan fingerprint density at radius 1 is 0.951 bits per heavy atom. The van der Waals surface area contributed by atoms with E-state index in [1.165, 1.54) is 4.90 Å². The number of aryl methyl sites for hydroxylation is 2. The zero-order valence-electron chi connectivity index (χ0n) is 24.4. The van der Waals surface area contributed by atoms with Crippen molar-refractivity contribution in [3.8, 4) is 5.75 Å². The molecule has 3 aromatic rings. The predicted molar refractivity (Wildman–Crippen MR) is 159 cm³/mol. The van der Waals surface area contributed by atoms with Crippen LogP contribution >= 0.6 is 0 Å². The maximum Gasteiger partial charge on any atom is 0.310 e. The van der Waals surface area contributed by atoms with E-state index in [9.17, 15) is 19.5 Å². The topological polar surface area (TPSA) is 93.1 Å². The van der Waals surface area contributed by atoms with Crippen molar-refractivity contribution in [1.29, 1.82) is 0 Å². The van der Waals surface area contributed by atoms with Gasteiger partial charge in [-0.1, -0.05) is 55.8 Å². The lowest BCUT2D eigenvalue weighted by Gasteiger charge is -2.26. The first-order chi connectivity index (χ1) is 19.5. The van der Waals surface area contributed by atoms with Crippen molar-refractivity contribution in [2.24, 2.45) is 5.92 Å². The fourth-order valence-corrected chi connectivity index (χ4v) is 4.87. The number of hydrogen-bond donors (Lipinski definition) is 1. The van der Waals surface area contributed by atoms with Gasteiger partial charge in [0.15, 0.2) is 0 Å². The Balaban J connectivity index is 1.76. The van der Waals surface area contributed by atoms with Crippen LogP contribution in [-0.2, 0) is 25.5 Å². The van der Waals surface area contributed by atoms with Crippen LogP contribution in [0.2, 0.25) is 0 Å². The van der Waals surface area contributed by atoms with Gasteiger partial charge in [-0.15, -0.1) is 0 Å². The third-order valence-corrected chi connectivity index (χ3v) is 6.75. The van der Waals surface area contributed by atoms with Crippen LogP contribution in [0.15, 0.2) is 72.3 Å². The minimum atomic E-state index is -0.844. The first-order valence-electron chi connectivity index (χ1n) is 13.9. The molecule has 1 atom stereocenters. The summed E-state index contributed by atoms with van der Waals surface area (Å²) in [5, 5.41) is 11.5. The van der Waals surface area contributed by atoms with Crippen molar-refractivity contribution < 1.29 is 29.0 Å². The number of carbonyl (C=O) groups excluding carboxylic acids is 3. The van der Waals surface area contributed by atoms with Crippen molar-refractivity contribution in [1.82, 2.24) is 0 Å². The Kier molecular flexibility index (Phi) is 8.96. The van der Waals surface area contributed by atoms with Crippen molar-refractivity contribution in [3.63, 3.8) is 0 Å². The third-order valence-electron chi connectivity index (χ3n) is 6.75. The first-order valence-corrected chi connectivity index (χ1v) is 13.9. The van der Waals surface area contributed by atoms with Crippen LogP contribution in [-0.4, -0.2) is 35.5 Å². The van der Waals surface area contributed by atoms with Crippen molar-refractivity contribution in [2.45, 2.75) is 60.1 Å². The van der Waals surface area contributed by atoms with Crippen LogP contribution in [0.25, 0.3) is 5.76 Å². The van der Waals surface area contributed by atoms with E-state index in [-0.39, 0.29) is 29.8 Å². The van der Waals surface area contributed by atoms with Crippen molar-refractivity contribution >= 4 is 29.1 Å². The Labute approximate surface area is 241 Å². The summed E-state index contributed by atoms with van der Waals surface area (Å²) < 4.78 is 11.1. The summed E-state index contributed by atoms with van der Waals surface area (Å²) in [6.45, 7) is 12.1. The van der Waals surface area contributed by atoms with Crippen molar-refractivity contribution in [3.05, 3.63) is 100 Å². The highest BCUT2D eigenvalue weighted by molar-refractivity contribution is 6.51. The predicted octanol–water partition coefficient (Wildman–Crippen LogP) is 6.46. The van der Waals surface area contributed by atoms with Crippen LogP contribution in [0.4, 0.5) is 5.69 Å². The molecule has 1 N–H and O–H groups in total. The van der Waals surface area contributed by atoms with Gasteiger partial charge in [0.05, 0.1) is 30.7 Å². The summed E-state index contributed by atoms with van der Waals surface area (Å²) in [5.41, 5.74) is 4.10. The van der Waals surface area contributed by atoms with Crippen LogP contribution in [0, 0.1) is 19.8 Å². The number of aliphatic hydroxyl groups is 1. The smallest absolute Gasteiger partial charge is 0.310 e. The quantitative estimate of drug-likeness (QED) is 0.141. The summed E-state index contributed by atoms with van der Waals surface area (Å²) in [4.78, 5) is 40.6. The number of anilines is 1. The van der Waals surface area contributed by atoms with Gasteiger partial charge in [0.1, 0.15) is 11.5 Å². The standard InChI is InChI=1S/C34H37NO6/c1-20(2)19-40-28-15-12-26(17-23(28)6)32(37)30-31(25-9-7-8-22(5)16-25)35(34(39)33(30)38)27-13-10-24(11-14-27)18-29(36)41-21(3)4/h7-17,20-21,31,37H,18-19H2,1-6H3/b32-30-. The number of aliphatic hydroxyl groups excluding tert-OH is 1. The number of esters is 1. The molecule has 0 saturated carbocycles. The molecule has 0 aromatic heterocycles. The van der Waals surface area contributed by atoms with Gasteiger partial charge in [0.25, 0.3) is 11.7 Å². The highest BCUT2D eigenvalue weighted by Crippen LogP contribution is 2.42. The zero-order valence-corrected chi connectivity index (χ0v) is 24.4. The minimum absolute atomic E-state index is 0.0143. The lowest BCUT2D eigenvalue weighted by molar-refractivity contribution is -0.146. The maximum absolute atomic E-state index is 13.5. The largest absolute Gasteiger partial charge is 0.507 e. The molecule has 1 saturated heterocycles. The molecule has 1 aliphatic rings. The fraction of sp³-hybridized carbons (Fsp3) is 0.324. The van der Waals surface area contributed by atoms with Gasteiger partial charge in [-0.3, -0.25) is 19.3 Å². The second-order valence-corrected chi connectivity index (χ2v) is 11.2. The number of Topliss-reactive ketones (excluding diaryl/α,β-unsaturated/α-hetero) is 1. The number of nitrogens with zero attached hydrogens (tertiary/aromatic N) is 1. The van der Waals surface area contributed by atoms with E-state index in [1.54, 1.807) is 56.3 Å². The molecule has 7 heteroatoms. The van der Waals surface area contributed by atoms with E-state index in [0.717, 1.165) is 16.7 Å². The Morgan fingerprint density at radius 2 is 1.66 bits per heavy atom. The molecule has 0 bridgehead atoms. The Bertz CT molecular complexity index is 1490. The van der Waals surface area contributed by atoms with E-state index in [2.05, 4.69) is 13.8 Å². The van der Waals surface area contributed by atoms with Crippen molar-refractivity contribution in [2.75, 3.05) is 11.5 Å². The van der Waals surface area contributed by atoms with E-state index in [4.69, 9.17) is 9.47 Å². The van der Waals surface area contributed by atoms with Gasteiger partial charge in [0, 0.05) is 11.3 Å². The SMILES string of the molecule is Cc1cccc(C2/C(=C(/O)c3ccc(OCC(C)C)c(C)c3)C(=O)C(=O)N2c2ccc(CC(=O)OC(C)C)cc2)c1. The second kappa shape index (κ2) is 12.4. The third kappa shape index (κ3) is 6.68. The molecule has 214 valence electrons. The van der Waals surface area contributed by atoms with E-state index >= 15 is 0 Å². The molecular formula is C34H37NO6. The van der Waals surface area contributed by atoms with Gasteiger partial charge in [0.2, 0.25) is 0 Å².